The summed E-state index contributed by atoms with van der Waals surface area (Å²) in [5.41, 5.74) is -0.145. The van der Waals surface area contributed by atoms with Gasteiger partial charge in [0.15, 0.2) is 23.0 Å². The van der Waals surface area contributed by atoms with E-state index in [4.69, 9.17) is 14.6 Å². The van der Waals surface area contributed by atoms with Crippen LogP contribution >= 0.6 is 0 Å². The van der Waals surface area contributed by atoms with Gasteiger partial charge in [-0.1, -0.05) is 6.07 Å². The SMILES string of the molecule is COc1ccc(N=Nc2ccc(O)cn2)c([N+](=O)[O-])c1.COc1ccc(N=Nc2ccccn2)c([N+](=O)[O-])c1. The number of methoxy groups -OCH3 is 2. The Balaban J connectivity index is 0.000000216. The van der Waals surface area contributed by atoms with E-state index in [1.54, 1.807) is 36.5 Å². The highest BCUT2D eigenvalue weighted by Gasteiger charge is 2.16. The number of aromatic nitrogens is 2. The summed E-state index contributed by atoms with van der Waals surface area (Å²) < 4.78 is 9.85. The van der Waals surface area contributed by atoms with Crippen molar-refractivity contribution in [3.63, 3.8) is 0 Å². The molecule has 15 heteroatoms. The van der Waals surface area contributed by atoms with Crippen LogP contribution in [0, 0.1) is 20.2 Å². The summed E-state index contributed by atoms with van der Waals surface area (Å²) in [4.78, 5) is 28.5. The predicted octanol–water partition coefficient (Wildman–Crippen LogP) is 6.53. The summed E-state index contributed by atoms with van der Waals surface area (Å²) in [6.07, 6.45) is 2.77. The Kier molecular flexibility index (Phi) is 9.56. The molecule has 15 nitrogen and oxygen atoms in total. The van der Waals surface area contributed by atoms with Crippen LogP contribution in [-0.2, 0) is 0 Å². The van der Waals surface area contributed by atoms with E-state index < -0.39 is 9.85 Å². The second kappa shape index (κ2) is 13.4. The monoisotopic (exact) mass is 532 g/mol. The molecule has 0 bridgehead atoms. The van der Waals surface area contributed by atoms with Gasteiger partial charge in [-0.05, 0) is 48.5 Å². The first-order chi connectivity index (χ1) is 18.8. The van der Waals surface area contributed by atoms with Crippen LogP contribution in [0.5, 0.6) is 17.2 Å². The third-order valence-electron chi connectivity index (χ3n) is 4.66. The highest BCUT2D eigenvalue weighted by molar-refractivity contribution is 5.60. The largest absolute Gasteiger partial charge is 0.506 e. The molecule has 198 valence electrons. The highest BCUT2D eigenvalue weighted by atomic mass is 16.6. The minimum atomic E-state index is -0.568. The van der Waals surface area contributed by atoms with Crippen LogP contribution in [-0.4, -0.2) is 39.1 Å². The van der Waals surface area contributed by atoms with Crippen LogP contribution in [0.25, 0.3) is 0 Å². The van der Waals surface area contributed by atoms with E-state index in [1.165, 1.54) is 56.8 Å². The van der Waals surface area contributed by atoms with Gasteiger partial charge in [-0.25, -0.2) is 9.97 Å². The Hall–Kier alpha value is -5.86. The lowest BCUT2D eigenvalue weighted by Crippen LogP contribution is -1.90. The molecule has 39 heavy (non-hydrogen) atoms. The van der Waals surface area contributed by atoms with E-state index in [0.717, 1.165) is 0 Å². The molecule has 4 rings (SSSR count). The fourth-order valence-electron chi connectivity index (χ4n) is 2.78. The smallest absolute Gasteiger partial charge is 0.300 e. The van der Waals surface area contributed by atoms with E-state index in [1.807, 2.05) is 0 Å². The molecule has 0 aliphatic carbocycles. The number of nitrogens with zero attached hydrogens (tertiary/aromatic N) is 8. The number of hydrogen-bond donors (Lipinski definition) is 1. The number of benzene rings is 2. The molecule has 0 atom stereocenters. The maximum Gasteiger partial charge on any atom is 0.300 e. The minimum absolute atomic E-state index is 0.000576. The van der Waals surface area contributed by atoms with Gasteiger partial charge in [-0.15, -0.1) is 20.5 Å². The Morgan fingerprint density at radius 3 is 1.67 bits per heavy atom. The van der Waals surface area contributed by atoms with Crippen molar-refractivity contribution < 1.29 is 24.4 Å². The molecule has 0 spiro atoms. The Morgan fingerprint density at radius 1 is 0.718 bits per heavy atom. The third-order valence-corrected chi connectivity index (χ3v) is 4.66. The van der Waals surface area contributed by atoms with Crippen molar-refractivity contribution in [3.05, 3.63) is 99.4 Å². The first-order valence-corrected chi connectivity index (χ1v) is 10.8. The molecule has 2 aromatic carbocycles. The van der Waals surface area contributed by atoms with Crippen molar-refractivity contribution in [2.45, 2.75) is 0 Å². The highest BCUT2D eigenvalue weighted by Crippen LogP contribution is 2.33. The van der Waals surface area contributed by atoms with Crippen molar-refractivity contribution in [1.29, 1.82) is 0 Å². The number of azo groups is 2. The summed E-state index contributed by atoms with van der Waals surface area (Å²) >= 11 is 0. The zero-order valence-corrected chi connectivity index (χ0v) is 20.5. The fraction of sp³-hybridized carbons (Fsp3) is 0.0833. The Bertz CT molecular complexity index is 1500. The molecule has 2 heterocycles. The number of pyridine rings is 2. The lowest BCUT2D eigenvalue weighted by Gasteiger charge is -2.00. The van der Waals surface area contributed by atoms with Gasteiger partial charge in [0, 0.05) is 6.20 Å². The predicted molar refractivity (Wildman–Crippen MR) is 138 cm³/mol. The number of hydrogen-bond acceptors (Lipinski definition) is 13. The van der Waals surface area contributed by atoms with Gasteiger partial charge < -0.3 is 14.6 Å². The van der Waals surface area contributed by atoms with Crippen LogP contribution in [0.3, 0.4) is 0 Å². The maximum atomic E-state index is 10.9. The zero-order valence-electron chi connectivity index (χ0n) is 20.5. The quantitative estimate of drug-likeness (QED) is 0.149. The van der Waals surface area contributed by atoms with Gasteiger partial charge in [0.05, 0.1) is 42.4 Å². The molecule has 0 fully saturated rings. The molecular weight excluding hydrogens is 512 g/mol. The molecule has 4 aromatic rings. The first-order valence-electron chi connectivity index (χ1n) is 10.8. The molecule has 1 N–H and O–H groups in total. The maximum absolute atomic E-state index is 10.9. The summed E-state index contributed by atoms with van der Waals surface area (Å²) in [7, 11) is 2.86. The molecular formula is C24H20N8O7. The number of aromatic hydroxyl groups is 1. The lowest BCUT2D eigenvalue weighted by atomic mass is 10.2. The molecule has 0 saturated heterocycles. The topological polar surface area (TPSA) is 200 Å². The zero-order chi connectivity index (χ0) is 28.2. The second-order valence-electron chi connectivity index (χ2n) is 7.19. The molecule has 2 aromatic heterocycles. The average Bonchev–Trinajstić information content (AvgIpc) is 2.96. The minimum Gasteiger partial charge on any atom is -0.506 e. The average molecular weight is 532 g/mol. The summed E-state index contributed by atoms with van der Waals surface area (Å²) in [5.74, 6) is 1.36. The third kappa shape index (κ3) is 8.07. The van der Waals surface area contributed by atoms with Crippen LogP contribution in [0.1, 0.15) is 0 Å². The van der Waals surface area contributed by atoms with E-state index in [-0.39, 0.29) is 34.3 Å². The number of rotatable bonds is 8. The fourth-order valence-corrected chi connectivity index (χ4v) is 2.78. The van der Waals surface area contributed by atoms with Gasteiger partial charge in [-0.2, -0.15) is 0 Å². The molecule has 0 aliphatic heterocycles. The van der Waals surface area contributed by atoms with Gasteiger partial charge in [0.2, 0.25) is 0 Å². The lowest BCUT2D eigenvalue weighted by molar-refractivity contribution is -0.384. The first kappa shape index (κ1) is 27.7. The number of ether oxygens (including phenoxy) is 2. The van der Waals surface area contributed by atoms with Gasteiger partial charge in [0.1, 0.15) is 17.2 Å². The van der Waals surface area contributed by atoms with E-state index in [0.29, 0.717) is 17.3 Å². The number of nitro groups is 2. The van der Waals surface area contributed by atoms with Gasteiger partial charge in [0.25, 0.3) is 11.4 Å². The van der Waals surface area contributed by atoms with Crippen molar-refractivity contribution in [1.82, 2.24) is 9.97 Å². The molecule has 0 unspecified atom stereocenters. The molecule has 0 radical (unpaired) electrons. The van der Waals surface area contributed by atoms with Crippen molar-refractivity contribution in [2.75, 3.05) is 14.2 Å². The second-order valence-corrected chi connectivity index (χ2v) is 7.19. The Labute approximate surface area is 220 Å². The summed E-state index contributed by atoms with van der Waals surface area (Å²) in [5, 5.41) is 46.2. The summed E-state index contributed by atoms with van der Waals surface area (Å²) in [6, 6.07) is 16.6. The standard InChI is InChI=1S/C12H10N4O4.C12H10N4O3/c1-20-9-3-4-10(11(6-9)16(18)19)14-15-12-5-2-8(17)7-13-12;1-19-9-5-6-10(11(8-9)16(17)18)14-15-12-4-2-3-7-13-12/h2-7,17H,1H3;2-8H,1H3. The molecule has 0 amide bonds. The van der Waals surface area contributed by atoms with Crippen molar-refractivity contribution in [2.24, 2.45) is 20.5 Å². The van der Waals surface area contributed by atoms with E-state index >= 15 is 0 Å². The number of nitro benzene ring substituents is 2. The van der Waals surface area contributed by atoms with Gasteiger partial charge in [-0.3, -0.25) is 20.2 Å². The van der Waals surface area contributed by atoms with Crippen LogP contribution in [0.15, 0.2) is 99.6 Å². The normalized spacial score (nSPS) is 10.6. The van der Waals surface area contributed by atoms with Gasteiger partial charge >= 0.3 is 0 Å². The van der Waals surface area contributed by atoms with Crippen molar-refractivity contribution in [3.8, 4) is 17.2 Å². The van der Waals surface area contributed by atoms with Crippen LogP contribution < -0.4 is 9.47 Å². The van der Waals surface area contributed by atoms with Crippen LogP contribution in [0.4, 0.5) is 34.4 Å². The molecule has 0 saturated carbocycles. The summed E-state index contributed by atoms with van der Waals surface area (Å²) in [6.45, 7) is 0. The molecule has 0 aliphatic rings. The van der Waals surface area contributed by atoms with E-state index in [9.17, 15) is 20.2 Å². The van der Waals surface area contributed by atoms with E-state index in [2.05, 4.69) is 30.4 Å². The Morgan fingerprint density at radius 2 is 1.26 bits per heavy atom. The van der Waals surface area contributed by atoms with Crippen LogP contribution in [0.2, 0.25) is 0 Å². The van der Waals surface area contributed by atoms with Crippen molar-refractivity contribution >= 4 is 34.4 Å².